The van der Waals surface area contributed by atoms with Crippen molar-refractivity contribution in [2.45, 2.75) is 13.3 Å². The van der Waals surface area contributed by atoms with Crippen LogP contribution in [0.1, 0.15) is 13.3 Å². The fourth-order valence-corrected chi connectivity index (χ4v) is 1.30. The van der Waals surface area contributed by atoms with Gasteiger partial charge in [-0.05, 0) is 6.07 Å². The summed E-state index contributed by atoms with van der Waals surface area (Å²) in [7, 11) is 0. The average Bonchev–Trinajstić information content (AvgIpc) is 2.84. The molecule has 0 aliphatic heterocycles. The van der Waals surface area contributed by atoms with E-state index in [4.69, 9.17) is 0 Å². The number of anilines is 2. The second kappa shape index (κ2) is 4.52. The van der Waals surface area contributed by atoms with Crippen molar-refractivity contribution in [1.29, 1.82) is 0 Å². The van der Waals surface area contributed by atoms with Gasteiger partial charge in [0.15, 0.2) is 0 Å². The molecule has 16 heavy (non-hydrogen) atoms. The number of H-pyrrole nitrogens is 1. The Kier molecular flexibility index (Phi) is 2.90. The van der Waals surface area contributed by atoms with Crippen LogP contribution in [0.5, 0.6) is 0 Å². The van der Waals surface area contributed by atoms with Crippen molar-refractivity contribution in [3.63, 3.8) is 0 Å². The topological polar surface area (TPSA) is 74.8 Å². The third kappa shape index (κ3) is 1.90. The van der Waals surface area contributed by atoms with E-state index in [-0.39, 0.29) is 5.91 Å². The molecule has 0 aromatic carbocycles. The summed E-state index contributed by atoms with van der Waals surface area (Å²) in [4.78, 5) is 21.4. The number of hydrogen-bond donors (Lipinski definition) is 1. The highest BCUT2D eigenvalue weighted by Gasteiger charge is 2.19. The van der Waals surface area contributed by atoms with Gasteiger partial charge in [-0.1, -0.05) is 6.92 Å². The Hall–Kier alpha value is -2.24. The van der Waals surface area contributed by atoms with E-state index in [0.717, 1.165) is 0 Å². The summed E-state index contributed by atoms with van der Waals surface area (Å²) in [5.41, 5.74) is 0.637. The first-order valence-electron chi connectivity index (χ1n) is 4.91. The summed E-state index contributed by atoms with van der Waals surface area (Å²) < 4.78 is 0. The van der Waals surface area contributed by atoms with Crippen LogP contribution in [0.25, 0.3) is 0 Å². The molecule has 2 heterocycles. The fourth-order valence-electron chi connectivity index (χ4n) is 1.30. The van der Waals surface area contributed by atoms with Crippen LogP contribution in [-0.4, -0.2) is 26.1 Å². The van der Waals surface area contributed by atoms with Gasteiger partial charge in [-0.15, -0.1) is 0 Å². The normalized spacial score (nSPS) is 10.1. The zero-order chi connectivity index (χ0) is 11.4. The second-order valence-electron chi connectivity index (χ2n) is 3.09. The van der Waals surface area contributed by atoms with Gasteiger partial charge in [0.1, 0.15) is 0 Å². The first-order valence-corrected chi connectivity index (χ1v) is 4.91. The molecular formula is C10H11N5O. The number of aromatic amines is 1. The molecule has 0 fully saturated rings. The molecule has 0 saturated heterocycles. The summed E-state index contributed by atoms with van der Waals surface area (Å²) >= 11 is 0. The number of carbonyl (C=O) groups excluding carboxylic acids is 1. The minimum Gasteiger partial charge on any atom is -0.284 e. The Morgan fingerprint density at radius 3 is 2.75 bits per heavy atom. The number of amides is 1. The lowest BCUT2D eigenvalue weighted by molar-refractivity contribution is -0.117. The molecule has 0 unspecified atom stereocenters. The van der Waals surface area contributed by atoms with Gasteiger partial charge in [-0.25, -0.2) is 14.9 Å². The highest BCUT2D eigenvalue weighted by molar-refractivity contribution is 5.98. The van der Waals surface area contributed by atoms with Gasteiger partial charge in [0, 0.05) is 25.0 Å². The first-order chi connectivity index (χ1) is 7.83. The van der Waals surface area contributed by atoms with Crippen LogP contribution in [0.4, 0.5) is 11.6 Å². The maximum Gasteiger partial charge on any atom is 0.236 e. The van der Waals surface area contributed by atoms with E-state index < -0.39 is 0 Å². The van der Waals surface area contributed by atoms with Gasteiger partial charge in [0.2, 0.25) is 11.9 Å². The Labute approximate surface area is 92.3 Å². The van der Waals surface area contributed by atoms with E-state index in [9.17, 15) is 4.79 Å². The Morgan fingerprint density at radius 1 is 1.44 bits per heavy atom. The van der Waals surface area contributed by atoms with Crippen molar-refractivity contribution in [2.24, 2.45) is 0 Å². The van der Waals surface area contributed by atoms with E-state index in [2.05, 4.69) is 20.2 Å². The van der Waals surface area contributed by atoms with Crippen LogP contribution < -0.4 is 4.90 Å². The van der Waals surface area contributed by atoms with Crippen molar-refractivity contribution < 1.29 is 4.79 Å². The van der Waals surface area contributed by atoms with Crippen LogP contribution in [0.3, 0.4) is 0 Å². The minimum atomic E-state index is -0.0763. The molecule has 0 radical (unpaired) electrons. The highest BCUT2D eigenvalue weighted by atomic mass is 16.2. The Balaban J connectivity index is 2.40. The van der Waals surface area contributed by atoms with Gasteiger partial charge in [0.25, 0.3) is 0 Å². The molecule has 6 heteroatoms. The van der Waals surface area contributed by atoms with Crippen molar-refractivity contribution in [3.05, 3.63) is 30.9 Å². The summed E-state index contributed by atoms with van der Waals surface area (Å²) in [5.74, 6) is 0.281. The Morgan fingerprint density at radius 2 is 2.19 bits per heavy atom. The van der Waals surface area contributed by atoms with Crippen molar-refractivity contribution in [2.75, 3.05) is 4.90 Å². The number of aromatic nitrogens is 4. The fraction of sp³-hybridized carbons (Fsp3) is 0.200. The number of nitrogens with zero attached hydrogens (tertiary/aromatic N) is 4. The smallest absolute Gasteiger partial charge is 0.236 e. The molecule has 1 amide bonds. The third-order valence-corrected chi connectivity index (χ3v) is 2.05. The lowest BCUT2D eigenvalue weighted by Gasteiger charge is -2.17. The molecule has 2 rings (SSSR count). The van der Waals surface area contributed by atoms with E-state index in [0.29, 0.717) is 18.1 Å². The van der Waals surface area contributed by atoms with Crippen LogP contribution >= 0.6 is 0 Å². The molecule has 0 atom stereocenters. The third-order valence-electron chi connectivity index (χ3n) is 2.05. The van der Waals surface area contributed by atoms with E-state index in [1.807, 2.05) is 0 Å². The maximum absolute atomic E-state index is 11.8. The van der Waals surface area contributed by atoms with Crippen LogP contribution in [-0.2, 0) is 4.79 Å². The highest BCUT2D eigenvalue weighted by Crippen LogP contribution is 2.20. The van der Waals surface area contributed by atoms with Gasteiger partial charge < -0.3 is 0 Å². The van der Waals surface area contributed by atoms with Crippen LogP contribution in [0.2, 0.25) is 0 Å². The standard InChI is InChI=1S/C10H11N5O/c1-2-9(16)15(8-6-13-14-7-8)10-11-4-3-5-12-10/h3-7H,2H2,1H3,(H,13,14). The SMILES string of the molecule is CCC(=O)N(c1cn[nH]c1)c1ncccn1. The molecule has 82 valence electrons. The van der Waals surface area contributed by atoms with Gasteiger partial charge in [0.05, 0.1) is 11.9 Å². The van der Waals surface area contributed by atoms with Gasteiger partial charge >= 0.3 is 0 Å². The predicted molar refractivity (Wildman–Crippen MR) is 58.1 cm³/mol. The zero-order valence-electron chi connectivity index (χ0n) is 8.79. The number of nitrogens with one attached hydrogen (secondary N) is 1. The molecule has 0 bridgehead atoms. The van der Waals surface area contributed by atoms with Gasteiger partial charge in [-0.3, -0.25) is 9.89 Å². The predicted octanol–water partition coefficient (Wildman–Crippen LogP) is 1.27. The molecule has 0 aliphatic rings. The molecule has 2 aromatic heterocycles. The number of carbonyl (C=O) groups is 1. The number of rotatable bonds is 3. The van der Waals surface area contributed by atoms with Crippen molar-refractivity contribution in [1.82, 2.24) is 20.2 Å². The molecule has 6 nitrogen and oxygen atoms in total. The summed E-state index contributed by atoms with van der Waals surface area (Å²) in [5, 5.41) is 6.47. The molecule has 1 N–H and O–H groups in total. The Bertz CT molecular complexity index is 453. The summed E-state index contributed by atoms with van der Waals surface area (Å²) in [6.45, 7) is 1.79. The molecule has 0 aliphatic carbocycles. The molecule has 0 spiro atoms. The minimum absolute atomic E-state index is 0.0763. The van der Waals surface area contributed by atoms with E-state index in [1.165, 1.54) is 4.90 Å². The quantitative estimate of drug-likeness (QED) is 0.840. The van der Waals surface area contributed by atoms with Crippen LogP contribution in [0, 0.1) is 0 Å². The van der Waals surface area contributed by atoms with Gasteiger partial charge in [-0.2, -0.15) is 5.10 Å². The van der Waals surface area contributed by atoms with E-state index in [1.54, 1.807) is 37.8 Å². The summed E-state index contributed by atoms with van der Waals surface area (Å²) in [6.07, 6.45) is 6.76. The maximum atomic E-state index is 11.8. The first kappa shape index (κ1) is 10.3. The molecule has 0 saturated carbocycles. The molecular weight excluding hydrogens is 206 g/mol. The van der Waals surface area contributed by atoms with Crippen molar-refractivity contribution >= 4 is 17.5 Å². The lowest BCUT2D eigenvalue weighted by Crippen LogP contribution is -2.26. The number of hydrogen-bond acceptors (Lipinski definition) is 4. The molecule has 2 aromatic rings. The monoisotopic (exact) mass is 217 g/mol. The summed E-state index contributed by atoms with van der Waals surface area (Å²) in [6, 6.07) is 1.70. The second-order valence-corrected chi connectivity index (χ2v) is 3.09. The largest absolute Gasteiger partial charge is 0.284 e. The van der Waals surface area contributed by atoms with Crippen LogP contribution in [0.15, 0.2) is 30.9 Å². The van der Waals surface area contributed by atoms with Crippen molar-refractivity contribution in [3.8, 4) is 0 Å². The van der Waals surface area contributed by atoms with E-state index >= 15 is 0 Å². The average molecular weight is 217 g/mol. The zero-order valence-corrected chi connectivity index (χ0v) is 8.79. The lowest BCUT2D eigenvalue weighted by atomic mass is 10.3.